The molecule has 2 N–H and O–H groups in total. The molecule has 1 aromatic carbocycles. The Labute approximate surface area is 105 Å². The Kier molecular flexibility index (Phi) is 3.00. The number of nitrogens with zero attached hydrogens (tertiary/aromatic N) is 2. The molecule has 0 bridgehead atoms. The highest BCUT2D eigenvalue weighted by Crippen LogP contribution is 2.36. The third kappa shape index (κ3) is 1.86. The largest absolute Gasteiger partial charge is 0.370 e. The summed E-state index contributed by atoms with van der Waals surface area (Å²) in [5.41, 5.74) is 6.31. The highest BCUT2D eigenvalue weighted by atomic mass is 35.5. The van der Waals surface area contributed by atoms with Crippen molar-refractivity contribution in [3.63, 3.8) is 0 Å². The van der Waals surface area contributed by atoms with Crippen LogP contribution in [0.3, 0.4) is 0 Å². The van der Waals surface area contributed by atoms with E-state index in [4.69, 9.17) is 17.3 Å². The first-order chi connectivity index (χ1) is 7.99. The van der Waals surface area contributed by atoms with Crippen LogP contribution >= 0.6 is 11.6 Å². The van der Waals surface area contributed by atoms with Crippen LogP contribution in [-0.2, 0) is 5.54 Å². The highest BCUT2D eigenvalue weighted by Gasteiger charge is 2.39. The number of likely N-dealkylation sites (N-methyl/N-ethyl adjacent to an activating group) is 1. The molecule has 0 amide bonds. The van der Waals surface area contributed by atoms with Gasteiger partial charge in [0.1, 0.15) is 5.82 Å². The maximum Gasteiger partial charge on any atom is 0.192 e. The summed E-state index contributed by atoms with van der Waals surface area (Å²) in [7, 11) is 0. The van der Waals surface area contributed by atoms with Gasteiger partial charge in [0.05, 0.1) is 12.1 Å². The lowest BCUT2D eigenvalue weighted by Gasteiger charge is -2.36. The predicted octanol–water partition coefficient (Wildman–Crippen LogP) is 2.34. The van der Waals surface area contributed by atoms with Gasteiger partial charge in [-0.3, -0.25) is 4.99 Å². The molecule has 1 aliphatic heterocycles. The summed E-state index contributed by atoms with van der Waals surface area (Å²) in [6, 6.07) is 4.44. The normalized spacial score (nSPS) is 24.0. The quantitative estimate of drug-likeness (QED) is 0.881. The number of halogens is 2. The van der Waals surface area contributed by atoms with Crippen LogP contribution in [0, 0.1) is 5.82 Å². The third-order valence-corrected chi connectivity index (χ3v) is 3.56. The summed E-state index contributed by atoms with van der Waals surface area (Å²) in [6.07, 6.45) is 0. The molecule has 0 saturated carbocycles. The molecular weight excluding hydrogens is 241 g/mol. The van der Waals surface area contributed by atoms with Crippen LogP contribution in [0.25, 0.3) is 0 Å². The maximum atomic E-state index is 13.1. The zero-order chi connectivity index (χ0) is 12.6. The lowest BCUT2D eigenvalue weighted by Crippen LogP contribution is -2.47. The van der Waals surface area contributed by atoms with Gasteiger partial charge < -0.3 is 10.6 Å². The lowest BCUT2D eigenvalue weighted by molar-refractivity contribution is 0.235. The monoisotopic (exact) mass is 255 g/mol. The van der Waals surface area contributed by atoms with E-state index in [9.17, 15) is 4.39 Å². The number of hydrogen-bond acceptors (Lipinski definition) is 3. The number of benzene rings is 1. The minimum atomic E-state index is -0.385. The molecule has 1 atom stereocenters. The summed E-state index contributed by atoms with van der Waals surface area (Å²) < 4.78 is 13.1. The van der Waals surface area contributed by atoms with Crippen molar-refractivity contribution < 1.29 is 4.39 Å². The van der Waals surface area contributed by atoms with Crippen LogP contribution in [0.1, 0.15) is 19.4 Å². The van der Waals surface area contributed by atoms with Crippen LogP contribution in [0.2, 0.25) is 5.02 Å². The summed E-state index contributed by atoms with van der Waals surface area (Å²) in [5.74, 6) is 0.174. The second-order valence-corrected chi connectivity index (χ2v) is 4.72. The maximum absolute atomic E-state index is 13.1. The summed E-state index contributed by atoms with van der Waals surface area (Å²) >= 11 is 6.11. The SMILES string of the molecule is CCN1C(N)=NCC1(C)c1ccc(F)cc1Cl. The fraction of sp³-hybridized carbons (Fsp3) is 0.417. The van der Waals surface area contributed by atoms with Crippen LogP contribution in [0.5, 0.6) is 0 Å². The van der Waals surface area contributed by atoms with E-state index in [0.717, 1.165) is 12.1 Å². The molecule has 17 heavy (non-hydrogen) atoms. The molecule has 0 spiro atoms. The van der Waals surface area contributed by atoms with Gasteiger partial charge in [-0.15, -0.1) is 0 Å². The van der Waals surface area contributed by atoms with E-state index < -0.39 is 0 Å². The topological polar surface area (TPSA) is 41.6 Å². The van der Waals surface area contributed by atoms with Crippen LogP contribution in [-0.4, -0.2) is 23.9 Å². The second kappa shape index (κ2) is 4.18. The summed E-state index contributed by atoms with van der Waals surface area (Å²) in [6.45, 7) is 5.29. The van der Waals surface area contributed by atoms with Gasteiger partial charge in [0.15, 0.2) is 5.96 Å². The Morgan fingerprint density at radius 2 is 2.29 bits per heavy atom. The number of aliphatic imine (C=N–C) groups is 1. The van der Waals surface area contributed by atoms with Crippen molar-refractivity contribution in [3.05, 3.63) is 34.6 Å². The Balaban J connectivity index is 2.46. The van der Waals surface area contributed by atoms with Crippen molar-refractivity contribution in [2.24, 2.45) is 10.7 Å². The Bertz CT molecular complexity index is 475. The Morgan fingerprint density at radius 3 is 2.88 bits per heavy atom. The minimum absolute atomic E-state index is 0.336. The second-order valence-electron chi connectivity index (χ2n) is 4.32. The van der Waals surface area contributed by atoms with Crippen LogP contribution in [0.15, 0.2) is 23.2 Å². The number of nitrogens with two attached hydrogens (primary N) is 1. The molecule has 1 heterocycles. The number of rotatable bonds is 2. The van der Waals surface area contributed by atoms with Gasteiger partial charge >= 0.3 is 0 Å². The molecule has 3 nitrogen and oxygen atoms in total. The zero-order valence-electron chi connectivity index (χ0n) is 9.87. The molecule has 0 aromatic heterocycles. The first-order valence-corrected chi connectivity index (χ1v) is 5.90. The van der Waals surface area contributed by atoms with Crippen molar-refractivity contribution in [1.82, 2.24) is 4.90 Å². The van der Waals surface area contributed by atoms with Crippen LogP contribution in [0.4, 0.5) is 4.39 Å². The molecule has 0 saturated heterocycles. The van der Waals surface area contributed by atoms with Gasteiger partial charge in [0, 0.05) is 11.6 Å². The van der Waals surface area contributed by atoms with Gasteiger partial charge in [-0.2, -0.15) is 0 Å². The molecule has 2 rings (SSSR count). The fourth-order valence-corrected chi connectivity index (χ4v) is 2.70. The molecule has 1 aromatic rings. The smallest absolute Gasteiger partial charge is 0.192 e. The van der Waals surface area contributed by atoms with Gasteiger partial charge in [-0.25, -0.2) is 4.39 Å². The van der Waals surface area contributed by atoms with Gasteiger partial charge in [0.2, 0.25) is 0 Å². The average molecular weight is 256 g/mol. The Hall–Kier alpha value is -1.29. The van der Waals surface area contributed by atoms with E-state index in [1.54, 1.807) is 6.07 Å². The molecular formula is C12H15ClFN3. The van der Waals surface area contributed by atoms with Gasteiger partial charge in [-0.05, 0) is 31.5 Å². The standard InChI is InChI=1S/C12H15ClFN3/c1-3-17-11(15)16-7-12(17,2)9-5-4-8(14)6-10(9)13/h4-6H,3,7H2,1-2H3,(H2,15,16). The van der Waals surface area contributed by atoms with Crippen molar-refractivity contribution in [1.29, 1.82) is 0 Å². The van der Waals surface area contributed by atoms with E-state index in [2.05, 4.69) is 4.99 Å². The molecule has 0 radical (unpaired) electrons. The van der Waals surface area contributed by atoms with E-state index >= 15 is 0 Å². The average Bonchev–Trinajstić information content (AvgIpc) is 2.55. The van der Waals surface area contributed by atoms with E-state index in [-0.39, 0.29) is 11.4 Å². The highest BCUT2D eigenvalue weighted by molar-refractivity contribution is 6.31. The number of hydrogen-bond donors (Lipinski definition) is 1. The Morgan fingerprint density at radius 1 is 1.59 bits per heavy atom. The summed E-state index contributed by atoms with van der Waals surface area (Å²) in [4.78, 5) is 6.23. The lowest BCUT2D eigenvalue weighted by atomic mass is 9.91. The van der Waals surface area contributed by atoms with Gasteiger partial charge in [-0.1, -0.05) is 17.7 Å². The molecule has 1 unspecified atom stereocenters. The van der Waals surface area contributed by atoms with Crippen molar-refractivity contribution in [2.45, 2.75) is 19.4 Å². The first-order valence-electron chi connectivity index (χ1n) is 5.52. The predicted molar refractivity (Wildman–Crippen MR) is 67.6 cm³/mol. The third-order valence-electron chi connectivity index (χ3n) is 3.25. The molecule has 92 valence electrons. The first kappa shape index (κ1) is 12.2. The van der Waals surface area contributed by atoms with Crippen molar-refractivity contribution in [2.75, 3.05) is 13.1 Å². The van der Waals surface area contributed by atoms with Gasteiger partial charge in [0.25, 0.3) is 0 Å². The zero-order valence-corrected chi connectivity index (χ0v) is 10.6. The van der Waals surface area contributed by atoms with E-state index in [1.165, 1.54) is 12.1 Å². The van der Waals surface area contributed by atoms with E-state index in [1.807, 2.05) is 18.7 Å². The number of guanidine groups is 1. The minimum Gasteiger partial charge on any atom is -0.370 e. The fourth-order valence-electron chi connectivity index (χ4n) is 2.33. The molecule has 0 fully saturated rings. The van der Waals surface area contributed by atoms with E-state index in [0.29, 0.717) is 17.5 Å². The van der Waals surface area contributed by atoms with Crippen molar-refractivity contribution >= 4 is 17.6 Å². The van der Waals surface area contributed by atoms with Crippen LogP contribution < -0.4 is 5.73 Å². The summed E-state index contributed by atoms with van der Waals surface area (Å²) in [5, 5.41) is 0.413. The molecule has 0 aliphatic carbocycles. The molecule has 5 heteroatoms. The van der Waals surface area contributed by atoms with Crippen molar-refractivity contribution in [3.8, 4) is 0 Å². The molecule has 1 aliphatic rings.